The Morgan fingerprint density at radius 1 is 0.714 bits per heavy atom. The van der Waals surface area contributed by atoms with E-state index < -0.39 is 62.5 Å². The van der Waals surface area contributed by atoms with Crippen LogP contribution in [0.5, 0.6) is 5.75 Å². The van der Waals surface area contributed by atoms with Crippen LogP contribution in [-0.2, 0) is 76.7 Å². The second kappa shape index (κ2) is 41.7. The van der Waals surface area contributed by atoms with Crippen LogP contribution in [-0.4, -0.2) is 213 Å². The van der Waals surface area contributed by atoms with Gasteiger partial charge in [0.25, 0.3) is 5.91 Å². The van der Waals surface area contributed by atoms with Crippen LogP contribution in [0.2, 0.25) is 0 Å². The largest absolute Gasteiger partial charge is 0.447 e. The molecule has 77 heavy (non-hydrogen) atoms. The first-order chi connectivity index (χ1) is 37.2. The van der Waals surface area contributed by atoms with Crippen LogP contribution in [0.25, 0.3) is 0 Å². The minimum absolute atomic E-state index is 0.0136. The molecule has 0 unspecified atom stereocenters. The van der Waals surface area contributed by atoms with Gasteiger partial charge < -0.3 is 73.6 Å². The second-order valence-electron chi connectivity index (χ2n) is 15.1. The molecule has 25 nitrogen and oxygen atoms in total. The SMILES string of the molecule is CCCN(OCC)C(=O)C1=CC(=NCC#CCNC(=O)OCCOCCOCCOCCOCCOCCOCCOCCOCCOCCOCCC(=O)Oc2c(F)c(F)c(S(=O)(=O)O)c(F)c2F)/C(=C\N)N=C(N)C1. The highest BCUT2D eigenvalue weighted by atomic mass is 32.2. The molecule has 1 aromatic carbocycles. The first-order valence-electron chi connectivity index (χ1n) is 24.3. The fourth-order valence-electron chi connectivity index (χ4n) is 5.78. The molecule has 0 aromatic heterocycles. The van der Waals surface area contributed by atoms with Crippen molar-refractivity contribution in [3.05, 3.63) is 46.8 Å². The Labute approximate surface area is 444 Å². The van der Waals surface area contributed by atoms with Crippen molar-refractivity contribution < 1.29 is 107 Å². The monoisotopic (exact) mass is 1130 g/mol. The first kappa shape index (κ1) is 67.7. The number of alkyl carbamates (subject to hydrolysis) is 1. The van der Waals surface area contributed by atoms with Crippen LogP contribution >= 0.6 is 0 Å². The number of hydroxylamine groups is 2. The number of carbonyl (C=O) groups excluding carboxylic acids is 3. The van der Waals surface area contributed by atoms with Crippen LogP contribution in [0.1, 0.15) is 33.1 Å². The van der Waals surface area contributed by atoms with Gasteiger partial charge in [-0.3, -0.25) is 24.0 Å². The minimum Gasteiger partial charge on any atom is -0.447 e. The predicted octanol–water partition coefficient (Wildman–Crippen LogP) is 1.80. The Balaban J connectivity index is 1.31. The molecule has 0 radical (unpaired) electrons. The van der Waals surface area contributed by atoms with Crippen LogP contribution in [0.4, 0.5) is 22.4 Å². The average molecular weight is 1130 g/mol. The van der Waals surface area contributed by atoms with Crippen LogP contribution in [0, 0.1) is 35.1 Å². The molecule has 0 bridgehead atoms. The van der Waals surface area contributed by atoms with Crippen molar-refractivity contribution in [2.24, 2.45) is 21.5 Å². The van der Waals surface area contributed by atoms with E-state index >= 15 is 0 Å². The second-order valence-corrected chi connectivity index (χ2v) is 16.5. The molecule has 0 atom stereocenters. The van der Waals surface area contributed by atoms with Crippen molar-refractivity contribution in [3.8, 4) is 17.6 Å². The van der Waals surface area contributed by atoms with Gasteiger partial charge in [0.2, 0.25) is 17.4 Å². The molecule has 436 valence electrons. The van der Waals surface area contributed by atoms with E-state index in [-0.39, 0.29) is 77.5 Å². The number of allylic oxidation sites excluding steroid dienone is 1. The van der Waals surface area contributed by atoms with E-state index in [0.717, 1.165) is 0 Å². The summed E-state index contributed by atoms with van der Waals surface area (Å²) in [5.41, 5.74) is 12.8. The summed E-state index contributed by atoms with van der Waals surface area (Å²) in [6.45, 7) is 10.1. The number of amides is 2. The maximum atomic E-state index is 14.0. The fraction of sp³-hybridized carbons (Fsp3) is 0.638. The number of benzene rings is 1. The van der Waals surface area contributed by atoms with E-state index in [2.05, 4.69) is 31.9 Å². The van der Waals surface area contributed by atoms with Gasteiger partial charge in [0.1, 0.15) is 24.7 Å². The minimum atomic E-state index is -5.65. The zero-order valence-electron chi connectivity index (χ0n) is 43.2. The summed E-state index contributed by atoms with van der Waals surface area (Å²) in [6, 6.07) is 0. The van der Waals surface area contributed by atoms with Crippen LogP contribution in [0.15, 0.2) is 38.4 Å². The van der Waals surface area contributed by atoms with Gasteiger partial charge in [0.05, 0.1) is 157 Å². The molecule has 2 rings (SSSR count). The molecule has 0 spiro atoms. The van der Waals surface area contributed by atoms with Gasteiger partial charge in [0, 0.05) is 24.7 Å². The Bertz CT molecular complexity index is 2200. The molecule has 30 heteroatoms. The number of nitrogens with zero attached hydrogens (tertiary/aromatic N) is 3. The lowest BCUT2D eigenvalue weighted by molar-refractivity contribution is -0.180. The fourth-order valence-corrected chi connectivity index (χ4v) is 6.41. The summed E-state index contributed by atoms with van der Waals surface area (Å²) in [4.78, 5) is 48.8. The predicted molar refractivity (Wildman–Crippen MR) is 264 cm³/mol. The molecule has 1 aromatic rings. The summed E-state index contributed by atoms with van der Waals surface area (Å²) in [5, 5.41) is 3.81. The highest BCUT2D eigenvalue weighted by Gasteiger charge is 2.34. The van der Waals surface area contributed by atoms with E-state index in [0.29, 0.717) is 129 Å². The standard InChI is InChI=1S/C47H70F4N6O19S/c1-3-10-57(75-4-2)46(59)35-32-36(37(34-52)56-38(53)33-35)54-8-5-6-9-55-47(60)74-31-30-73-29-28-72-27-26-71-25-24-70-23-22-69-21-20-68-19-18-67-17-16-66-15-14-65-13-12-64-11-7-39(58)76-44-40(48)42(50)45(77(61,62)63)43(51)41(44)49/h32,34H,3-4,7-31,33,52H2,1-2H3,(H2,53,56)(H,55,60)(H,61,62,63)/b37-34+,54-36?. The van der Waals surface area contributed by atoms with E-state index in [9.17, 15) is 40.4 Å². The maximum Gasteiger partial charge on any atom is 0.407 e. The van der Waals surface area contributed by atoms with Crippen molar-refractivity contribution in [3.63, 3.8) is 0 Å². The van der Waals surface area contributed by atoms with Gasteiger partial charge in [-0.25, -0.2) is 23.6 Å². The Morgan fingerprint density at radius 2 is 1.16 bits per heavy atom. The van der Waals surface area contributed by atoms with Gasteiger partial charge in [-0.2, -0.15) is 17.2 Å². The Kier molecular flexibility index (Phi) is 36.6. The summed E-state index contributed by atoms with van der Waals surface area (Å²) in [7, 11) is -5.65. The topological polar surface area (TPSA) is 318 Å². The van der Waals surface area contributed by atoms with E-state index in [1.54, 1.807) is 13.0 Å². The molecule has 0 fully saturated rings. The van der Waals surface area contributed by atoms with Gasteiger partial charge >= 0.3 is 22.2 Å². The number of rotatable bonds is 42. The van der Waals surface area contributed by atoms with Crippen LogP contribution in [0.3, 0.4) is 0 Å². The number of nitrogens with one attached hydrogen (secondary N) is 1. The lowest BCUT2D eigenvalue weighted by Gasteiger charge is -2.21. The summed E-state index contributed by atoms with van der Waals surface area (Å²) in [5.74, 6) is -7.23. The highest BCUT2D eigenvalue weighted by molar-refractivity contribution is 7.85. The number of hydrogen-bond acceptors (Lipinski definition) is 22. The molecular formula is C47H70F4N6O19S. The highest BCUT2D eigenvalue weighted by Crippen LogP contribution is 2.32. The quantitative estimate of drug-likeness (QED) is 0.0106. The molecule has 1 aliphatic heterocycles. The normalized spacial score (nSPS) is 13.7. The Hall–Kier alpha value is -5.40. The third-order valence-electron chi connectivity index (χ3n) is 9.27. The van der Waals surface area contributed by atoms with Crippen LogP contribution < -0.4 is 21.5 Å². The van der Waals surface area contributed by atoms with Gasteiger partial charge in [-0.1, -0.05) is 18.8 Å². The van der Waals surface area contributed by atoms with Crippen molar-refractivity contribution in [1.82, 2.24) is 10.4 Å². The average Bonchev–Trinajstić information content (AvgIpc) is 3.56. The van der Waals surface area contributed by atoms with Gasteiger partial charge in [-0.05, 0) is 19.4 Å². The zero-order chi connectivity index (χ0) is 56.5. The van der Waals surface area contributed by atoms with Crippen molar-refractivity contribution in [1.29, 1.82) is 0 Å². The van der Waals surface area contributed by atoms with Crippen molar-refractivity contribution >= 4 is 39.6 Å². The zero-order valence-corrected chi connectivity index (χ0v) is 44.0. The molecule has 6 N–H and O–H groups in total. The number of esters is 1. The first-order valence-corrected chi connectivity index (χ1v) is 25.7. The van der Waals surface area contributed by atoms with Gasteiger partial charge in [-0.15, -0.1) is 0 Å². The Morgan fingerprint density at radius 3 is 1.57 bits per heavy atom. The summed E-state index contributed by atoms with van der Waals surface area (Å²) < 4.78 is 150. The number of halogens is 4. The molecular weight excluding hydrogens is 1060 g/mol. The number of carbonyl (C=O) groups is 3. The number of nitrogens with two attached hydrogens (primary N) is 2. The molecule has 0 saturated heterocycles. The van der Waals surface area contributed by atoms with Crippen molar-refractivity contribution in [2.75, 3.05) is 165 Å². The van der Waals surface area contributed by atoms with Crippen molar-refractivity contribution in [2.45, 2.75) is 38.0 Å². The third kappa shape index (κ3) is 29.8. The molecule has 1 heterocycles. The lowest BCUT2D eigenvalue weighted by Crippen LogP contribution is -2.34. The van der Waals surface area contributed by atoms with Gasteiger partial charge in [0.15, 0.2) is 16.5 Å². The number of hydrogen-bond donors (Lipinski definition) is 4. The third-order valence-corrected chi connectivity index (χ3v) is 10.1. The molecule has 1 aliphatic rings. The molecule has 2 amide bonds. The van der Waals surface area contributed by atoms with E-state index in [1.165, 1.54) is 11.3 Å². The summed E-state index contributed by atoms with van der Waals surface area (Å²) >= 11 is 0. The molecule has 0 saturated carbocycles. The lowest BCUT2D eigenvalue weighted by atomic mass is 10.1. The van der Waals surface area contributed by atoms with E-state index in [4.69, 9.17) is 73.0 Å². The maximum absolute atomic E-state index is 14.0. The number of ether oxygens (including phenoxy) is 12. The summed E-state index contributed by atoms with van der Waals surface area (Å²) in [6.07, 6.45) is 2.38. The molecule has 0 aliphatic carbocycles. The number of amidine groups is 1. The smallest absolute Gasteiger partial charge is 0.407 e. The van der Waals surface area contributed by atoms with E-state index in [1.807, 2.05) is 6.92 Å². The number of aliphatic imine (C=N–C) groups is 2.